The van der Waals surface area contributed by atoms with E-state index >= 15 is 0 Å². The molecule has 0 saturated heterocycles. The quantitative estimate of drug-likeness (QED) is 0.368. The first-order valence-corrected chi connectivity index (χ1v) is 10.8. The van der Waals surface area contributed by atoms with Crippen molar-refractivity contribution in [1.82, 2.24) is 0 Å². The second-order valence-electron chi connectivity index (χ2n) is 5.89. The van der Waals surface area contributed by atoms with Crippen molar-refractivity contribution >= 4 is 60.4 Å². The van der Waals surface area contributed by atoms with Gasteiger partial charge >= 0.3 is 5.97 Å². The summed E-state index contributed by atoms with van der Waals surface area (Å²) < 4.78 is 12.3. The molecule has 0 amide bonds. The molecule has 0 spiro atoms. The maximum atomic E-state index is 12.5. The largest absolute Gasteiger partial charge is 0.494 e. The molecule has 0 radical (unpaired) electrons. The molecule has 3 rings (SSSR count). The lowest BCUT2D eigenvalue weighted by Gasteiger charge is -2.11. The van der Waals surface area contributed by atoms with E-state index in [1.807, 2.05) is 19.1 Å². The number of methoxy groups -OCH3 is 1. The van der Waals surface area contributed by atoms with E-state index in [1.165, 1.54) is 4.88 Å². The van der Waals surface area contributed by atoms with E-state index in [1.54, 1.807) is 24.7 Å². The van der Waals surface area contributed by atoms with Gasteiger partial charge in [0, 0.05) is 11.1 Å². The van der Waals surface area contributed by atoms with Gasteiger partial charge in [-0.05, 0) is 87.7 Å². The maximum absolute atomic E-state index is 12.5. The Morgan fingerprint density at radius 1 is 1.27 bits per heavy atom. The van der Waals surface area contributed by atoms with Gasteiger partial charge in [0.1, 0.15) is 10.8 Å². The summed E-state index contributed by atoms with van der Waals surface area (Å²) in [5.41, 5.74) is 2.68. The van der Waals surface area contributed by atoms with Crippen molar-refractivity contribution in [3.05, 3.63) is 42.6 Å². The van der Waals surface area contributed by atoms with Crippen molar-refractivity contribution < 1.29 is 14.3 Å². The van der Waals surface area contributed by atoms with Crippen LogP contribution in [0.1, 0.15) is 46.1 Å². The second kappa shape index (κ2) is 8.67. The highest BCUT2D eigenvalue weighted by atomic mass is 79.9. The molecule has 0 aliphatic heterocycles. The number of nitrogens with zero attached hydrogens (tertiary/aromatic N) is 1. The zero-order chi connectivity index (χ0) is 18.7. The average molecular weight is 501 g/mol. The van der Waals surface area contributed by atoms with Crippen LogP contribution in [0.4, 0.5) is 5.00 Å². The molecular weight excluding hydrogens is 482 g/mol. The van der Waals surface area contributed by atoms with Crippen LogP contribution in [0.15, 0.2) is 26.1 Å². The van der Waals surface area contributed by atoms with Crippen molar-refractivity contribution in [2.75, 3.05) is 13.7 Å². The molecule has 138 valence electrons. The lowest BCUT2D eigenvalue weighted by atomic mass is 9.95. The van der Waals surface area contributed by atoms with E-state index in [0.717, 1.165) is 56.5 Å². The number of benzene rings is 1. The van der Waals surface area contributed by atoms with Gasteiger partial charge in [-0.3, -0.25) is 0 Å². The van der Waals surface area contributed by atoms with E-state index in [2.05, 4.69) is 36.9 Å². The SMILES string of the molecule is CCOC(=O)c1c(N=Cc2cc(Br)c(OC)c(Br)c2)sc2c1CCCC2. The number of esters is 1. The normalized spacial score (nSPS) is 13.7. The fourth-order valence-corrected chi connectivity index (χ4v) is 5.81. The van der Waals surface area contributed by atoms with Crippen LogP contribution in [0.2, 0.25) is 0 Å². The average Bonchev–Trinajstić information content (AvgIpc) is 2.98. The molecular formula is C19H19Br2NO3S. The monoisotopic (exact) mass is 499 g/mol. The van der Waals surface area contributed by atoms with Crippen molar-refractivity contribution in [1.29, 1.82) is 0 Å². The Kier molecular flexibility index (Phi) is 6.53. The zero-order valence-corrected chi connectivity index (χ0v) is 18.6. The van der Waals surface area contributed by atoms with Crippen molar-refractivity contribution in [2.45, 2.75) is 32.6 Å². The Hall–Kier alpha value is -1.18. The molecule has 0 N–H and O–H groups in total. The number of thiophene rings is 1. The molecule has 4 nitrogen and oxygen atoms in total. The van der Waals surface area contributed by atoms with Crippen LogP contribution in [0.25, 0.3) is 0 Å². The first kappa shape index (κ1) is 19.6. The molecule has 0 atom stereocenters. The smallest absolute Gasteiger partial charge is 0.341 e. The topological polar surface area (TPSA) is 47.9 Å². The van der Waals surface area contributed by atoms with Crippen molar-refractivity contribution in [3.63, 3.8) is 0 Å². The first-order valence-electron chi connectivity index (χ1n) is 8.43. The summed E-state index contributed by atoms with van der Waals surface area (Å²) in [6.45, 7) is 2.19. The highest BCUT2D eigenvalue weighted by molar-refractivity contribution is 9.11. The second-order valence-corrected chi connectivity index (χ2v) is 8.68. The van der Waals surface area contributed by atoms with Gasteiger partial charge in [-0.15, -0.1) is 11.3 Å². The van der Waals surface area contributed by atoms with Crippen LogP contribution in [-0.4, -0.2) is 25.9 Å². The molecule has 0 unspecified atom stereocenters. The van der Waals surface area contributed by atoms with Gasteiger partial charge in [0.05, 0.1) is 28.2 Å². The first-order chi connectivity index (χ1) is 12.5. The molecule has 1 heterocycles. The zero-order valence-electron chi connectivity index (χ0n) is 14.6. The number of carbonyl (C=O) groups is 1. The molecule has 0 bridgehead atoms. The predicted octanol–water partition coefficient (Wildman–Crippen LogP) is 6.09. The Labute approximate surface area is 173 Å². The van der Waals surface area contributed by atoms with E-state index in [-0.39, 0.29) is 5.97 Å². The Bertz CT molecular complexity index is 838. The van der Waals surface area contributed by atoms with Crippen molar-refractivity contribution in [3.8, 4) is 5.75 Å². The van der Waals surface area contributed by atoms with E-state index in [9.17, 15) is 4.79 Å². The number of carbonyl (C=O) groups excluding carboxylic acids is 1. The van der Waals surface area contributed by atoms with Crippen LogP contribution >= 0.6 is 43.2 Å². The van der Waals surface area contributed by atoms with Gasteiger partial charge in [-0.1, -0.05) is 0 Å². The fraction of sp³-hybridized carbons (Fsp3) is 0.368. The van der Waals surface area contributed by atoms with Crippen LogP contribution in [0.5, 0.6) is 5.75 Å². The molecule has 2 aromatic rings. The summed E-state index contributed by atoms with van der Waals surface area (Å²) in [6.07, 6.45) is 5.99. The molecule has 0 fully saturated rings. The number of aryl methyl sites for hydroxylation is 1. The molecule has 7 heteroatoms. The van der Waals surface area contributed by atoms with Gasteiger partial charge in [0.2, 0.25) is 0 Å². The molecule has 26 heavy (non-hydrogen) atoms. The Balaban J connectivity index is 1.98. The number of ether oxygens (including phenoxy) is 2. The third-order valence-electron chi connectivity index (χ3n) is 4.19. The Morgan fingerprint density at radius 3 is 2.62 bits per heavy atom. The summed E-state index contributed by atoms with van der Waals surface area (Å²) in [5, 5.41) is 0.735. The van der Waals surface area contributed by atoms with Gasteiger partial charge in [0.15, 0.2) is 0 Å². The maximum Gasteiger partial charge on any atom is 0.341 e. The van der Waals surface area contributed by atoms with Crippen LogP contribution in [0.3, 0.4) is 0 Å². The minimum Gasteiger partial charge on any atom is -0.494 e. The van der Waals surface area contributed by atoms with Crippen molar-refractivity contribution in [2.24, 2.45) is 4.99 Å². The third kappa shape index (κ3) is 4.05. The molecule has 1 aliphatic carbocycles. The highest BCUT2D eigenvalue weighted by Gasteiger charge is 2.26. The summed E-state index contributed by atoms with van der Waals surface area (Å²) in [4.78, 5) is 18.4. The highest BCUT2D eigenvalue weighted by Crippen LogP contribution is 2.40. The summed E-state index contributed by atoms with van der Waals surface area (Å²) in [7, 11) is 1.63. The number of rotatable bonds is 5. The third-order valence-corrected chi connectivity index (χ3v) is 6.57. The van der Waals surface area contributed by atoms with Gasteiger partial charge < -0.3 is 9.47 Å². The minimum atomic E-state index is -0.267. The fourth-order valence-electron chi connectivity index (χ4n) is 3.04. The number of hydrogen-bond donors (Lipinski definition) is 0. The number of aliphatic imine (C=N–C) groups is 1. The predicted molar refractivity (Wildman–Crippen MR) is 113 cm³/mol. The van der Waals surface area contributed by atoms with Gasteiger partial charge in [0.25, 0.3) is 0 Å². The van der Waals surface area contributed by atoms with E-state index in [4.69, 9.17) is 9.47 Å². The van der Waals surface area contributed by atoms with Gasteiger partial charge in [-0.25, -0.2) is 9.79 Å². The summed E-state index contributed by atoms with van der Waals surface area (Å²) in [5.74, 6) is 0.470. The standard InChI is InChI=1S/C19H19Br2NO3S/c1-3-25-19(23)16-12-6-4-5-7-15(12)26-18(16)22-10-11-8-13(20)17(24-2)14(21)9-11/h8-10H,3-7H2,1-2H3. The molecule has 1 aromatic heterocycles. The summed E-state index contributed by atoms with van der Waals surface area (Å²) >= 11 is 8.61. The molecule has 1 aliphatic rings. The molecule has 1 aromatic carbocycles. The van der Waals surface area contributed by atoms with Gasteiger partial charge in [-0.2, -0.15) is 0 Å². The Morgan fingerprint density at radius 2 is 1.96 bits per heavy atom. The lowest BCUT2D eigenvalue weighted by molar-refractivity contribution is 0.0526. The van der Waals surface area contributed by atoms with E-state index in [0.29, 0.717) is 12.2 Å². The minimum absolute atomic E-state index is 0.267. The van der Waals surface area contributed by atoms with E-state index < -0.39 is 0 Å². The van der Waals surface area contributed by atoms with Crippen LogP contribution < -0.4 is 4.74 Å². The number of halogens is 2. The lowest BCUT2D eigenvalue weighted by Crippen LogP contribution is -2.09. The summed E-state index contributed by atoms with van der Waals surface area (Å²) in [6, 6.07) is 3.87. The number of fused-ring (bicyclic) bond motifs is 1. The molecule has 0 saturated carbocycles. The number of hydrogen-bond acceptors (Lipinski definition) is 5. The van der Waals surface area contributed by atoms with Crippen LogP contribution in [-0.2, 0) is 17.6 Å². The van der Waals surface area contributed by atoms with Crippen LogP contribution in [0, 0.1) is 0 Å².